The Bertz CT molecular complexity index is 1560. The van der Waals surface area contributed by atoms with Gasteiger partial charge in [0.1, 0.15) is 17.7 Å². The highest BCUT2D eigenvalue weighted by Gasteiger charge is 2.36. The molecule has 0 amide bonds. The molecule has 1 unspecified atom stereocenters. The van der Waals surface area contributed by atoms with Crippen LogP contribution < -0.4 is 9.64 Å². The van der Waals surface area contributed by atoms with E-state index in [1.54, 1.807) is 12.1 Å². The molecule has 12 heteroatoms. The van der Waals surface area contributed by atoms with Crippen molar-refractivity contribution < 1.29 is 22.3 Å². The molecule has 1 aliphatic heterocycles. The standard InChI is InChI=1S/C29H29F4N7O/c1-16(2)40-14-22(29(31,32)33)37-26(40)19-10-6-17(7-11-19)21-5-4-12-39(21)27-20(30)13-34-25(38-27)23-24(18-8-9-18)35-15-36-28(23)41-3/h6-7,10-11,13-16,18,21H,4-5,8-9,12H2,1-3H3. The van der Waals surface area contributed by atoms with Crippen LogP contribution in [0.2, 0.25) is 0 Å². The molecule has 0 N–H and O–H groups in total. The Morgan fingerprint density at radius 3 is 2.41 bits per heavy atom. The molecule has 0 spiro atoms. The largest absolute Gasteiger partial charge is 0.480 e. The molecule has 0 bridgehead atoms. The summed E-state index contributed by atoms with van der Waals surface area (Å²) in [6.07, 6.45) is 2.73. The third kappa shape index (κ3) is 5.11. The van der Waals surface area contributed by atoms with Crippen LogP contribution in [0.3, 0.4) is 0 Å². The van der Waals surface area contributed by atoms with Crippen LogP contribution in [0.25, 0.3) is 22.8 Å². The molecule has 2 fully saturated rings. The first-order valence-electron chi connectivity index (χ1n) is 13.6. The van der Waals surface area contributed by atoms with Gasteiger partial charge in [-0.1, -0.05) is 24.3 Å². The van der Waals surface area contributed by atoms with Crippen molar-refractivity contribution in [1.82, 2.24) is 29.5 Å². The van der Waals surface area contributed by atoms with E-state index in [9.17, 15) is 13.2 Å². The number of imidazole rings is 1. The van der Waals surface area contributed by atoms with Crippen LogP contribution in [-0.2, 0) is 6.18 Å². The van der Waals surface area contributed by atoms with Crippen molar-refractivity contribution in [2.45, 2.75) is 63.7 Å². The lowest BCUT2D eigenvalue weighted by Gasteiger charge is -2.27. The molecule has 1 aliphatic carbocycles. The second kappa shape index (κ2) is 10.4. The molecule has 3 aromatic heterocycles. The molecule has 4 aromatic rings. The molecule has 0 radical (unpaired) electrons. The summed E-state index contributed by atoms with van der Waals surface area (Å²) in [5.41, 5.74) is 1.94. The lowest BCUT2D eigenvalue weighted by atomic mass is 10.0. The number of benzene rings is 1. The zero-order valence-corrected chi connectivity index (χ0v) is 22.9. The van der Waals surface area contributed by atoms with Gasteiger partial charge in [0, 0.05) is 30.3 Å². The first kappa shape index (κ1) is 27.1. The van der Waals surface area contributed by atoms with E-state index in [2.05, 4.69) is 24.9 Å². The smallest absolute Gasteiger partial charge is 0.434 e. The molecule has 1 aromatic carbocycles. The minimum absolute atomic E-state index is 0.172. The quantitative estimate of drug-likeness (QED) is 0.228. The predicted molar refractivity (Wildman–Crippen MR) is 144 cm³/mol. The number of ether oxygens (including phenoxy) is 1. The van der Waals surface area contributed by atoms with Crippen molar-refractivity contribution in [2.24, 2.45) is 0 Å². The molecule has 214 valence electrons. The van der Waals surface area contributed by atoms with E-state index in [1.807, 2.05) is 30.9 Å². The van der Waals surface area contributed by atoms with E-state index < -0.39 is 17.7 Å². The maximum atomic E-state index is 15.3. The summed E-state index contributed by atoms with van der Waals surface area (Å²) in [6, 6.07) is 6.89. The number of rotatable bonds is 7. The van der Waals surface area contributed by atoms with Crippen molar-refractivity contribution in [3.05, 3.63) is 65.8 Å². The van der Waals surface area contributed by atoms with Crippen molar-refractivity contribution in [3.63, 3.8) is 0 Å². The van der Waals surface area contributed by atoms with Gasteiger partial charge in [0.2, 0.25) is 5.88 Å². The lowest BCUT2D eigenvalue weighted by Crippen LogP contribution is -2.25. The van der Waals surface area contributed by atoms with Crippen molar-refractivity contribution in [1.29, 1.82) is 0 Å². The van der Waals surface area contributed by atoms with Gasteiger partial charge in [0.25, 0.3) is 0 Å². The molecule has 4 heterocycles. The van der Waals surface area contributed by atoms with Gasteiger partial charge in [0.15, 0.2) is 23.2 Å². The Morgan fingerprint density at radius 1 is 1.00 bits per heavy atom. The number of hydrogen-bond acceptors (Lipinski definition) is 7. The van der Waals surface area contributed by atoms with Crippen LogP contribution in [0.1, 0.15) is 74.5 Å². The molecule has 1 saturated heterocycles. The summed E-state index contributed by atoms with van der Waals surface area (Å²) in [5.74, 6) is 0.818. The summed E-state index contributed by atoms with van der Waals surface area (Å²) < 4.78 is 62.4. The first-order valence-corrected chi connectivity index (χ1v) is 13.6. The van der Waals surface area contributed by atoms with Gasteiger partial charge in [-0.05, 0) is 45.1 Å². The molecular formula is C29H29F4N7O. The number of halogens is 4. The molecule has 8 nitrogen and oxygen atoms in total. The van der Waals surface area contributed by atoms with Crippen LogP contribution in [0.15, 0.2) is 43.0 Å². The Balaban J connectivity index is 1.33. The zero-order chi connectivity index (χ0) is 28.9. The second-order valence-electron chi connectivity index (χ2n) is 10.7. The molecule has 1 atom stereocenters. The topological polar surface area (TPSA) is 81.9 Å². The van der Waals surface area contributed by atoms with Crippen LogP contribution >= 0.6 is 0 Å². The lowest BCUT2D eigenvalue weighted by molar-refractivity contribution is -0.140. The highest BCUT2D eigenvalue weighted by Crippen LogP contribution is 2.45. The third-order valence-electron chi connectivity index (χ3n) is 7.61. The van der Waals surface area contributed by atoms with Crippen LogP contribution in [-0.4, -0.2) is 43.1 Å². The predicted octanol–water partition coefficient (Wildman–Crippen LogP) is 6.76. The fourth-order valence-electron chi connectivity index (χ4n) is 5.45. The van der Waals surface area contributed by atoms with Crippen molar-refractivity contribution in [2.75, 3.05) is 18.6 Å². The van der Waals surface area contributed by atoms with Gasteiger partial charge in [-0.25, -0.2) is 29.3 Å². The monoisotopic (exact) mass is 567 g/mol. The van der Waals surface area contributed by atoms with Crippen LogP contribution in [0.4, 0.5) is 23.4 Å². The number of nitrogens with zero attached hydrogens (tertiary/aromatic N) is 7. The van der Waals surface area contributed by atoms with E-state index in [-0.39, 0.29) is 29.6 Å². The summed E-state index contributed by atoms with van der Waals surface area (Å²) >= 11 is 0. The van der Waals surface area contributed by atoms with Crippen LogP contribution in [0, 0.1) is 5.82 Å². The van der Waals surface area contributed by atoms with E-state index in [4.69, 9.17) is 4.74 Å². The fourth-order valence-corrected chi connectivity index (χ4v) is 5.45. The first-order chi connectivity index (χ1) is 19.7. The summed E-state index contributed by atoms with van der Waals surface area (Å²) in [4.78, 5) is 23.4. The molecular weight excluding hydrogens is 538 g/mol. The SMILES string of the molecule is COc1ncnc(C2CC2)c1-c1ncc(F)c(N2CCCC2c2ccc(-c3nc(C(F)(F)F)cn3C(C)C)cc2)n1. The van der Waals surface area contributed by atoms with Crippen molar-refractivity contribution >= 4 is 5.82 Å². The van der Waals surface area contributed by atoms with E-state index in [0.29, 0.717) is 29.4 Å². The van der Waals surface area contributed by atoms with Gasteiger partial charge >= 0.3 is 6.18 Å². The number of hydrogen-bond donors (Lipinski definition) is 0. The van der Waals surface area contributed by atoms with Gasteiger partial charge in [-0.3, -0.25) is 0 Å². The van der Waals surface area contributed by atoms with E-state index >= 15 is 4.39 Å². The van der Waals surface area contributed by atoms with Gasteiger partial charge < -0.3 is 14.2 Å². The van der Waals surface area contributed by atoms with Crippen molar-refractivity contribution in [3.8, 4) is 28.7 Å². The van der Waals surface area contributed by atoms with Gasteiger partial charge in [-0.15, -0.1) is 0 Å². The summed E-state index contributed by atoms with van der Waals surface area (Å²) in [7, 11) is 1.52. The molecule has 6 rings (SSSR count). The number of methoxy groups -OCH3 is 1. The minimum atomic E-state index is -4.53. The normalized spacial score (nSPS) is 17.5. The Kier molecular flexibility index (Phi) is 6.87. The third-order valence-corrected chi connectivity index (χ3v) is 7.61. The maximum Gasteiger partial charge on any atom is 0.434 e. The highest BCUT2D eigenvalue weighted by molar-refractivity contribution is 5.67. The minimum Gasteiger partial charge on any atom is -0.480 e. The maximum absolute atomic E-state index is 15.3. The average Bonchev–Trinajstić information content (AvgIpc) is 3.49. The second-order valence-corrected chi connectivity index (χ2v) is 10.7. The molecule has 1 saturated carbocycles. The van der Waals surface area contributed by atoms with E-state index in [0.717, 1.165) is 43.1 Å². The Morgan fingerprint density at radius 2 is 1.76 bits per heavy atom. The number of alkyl halides is 3. The Labute approximate surface area is 234 Å². The highest BCUT2D eigenvalue weighted by atomic mass is 19.4. The summed E-state index contributed by atoms with van der Waals surface area (Å²) in [6.45, 7) is 4.21. The van der Waals surface area contributed by atoms with Gasteiger partial charge in [-0.2, -0.15) is 13.2 Å². The molecule has 41 heavy (non-hydrogen) atoms. The zero-order valence-electron chi connectivity index (χ0n) is 22.9. The summed E-state index contributed by atoms with van der Waals surface area (Å²) in [5, 5.41) is 0. The van der Waals surface area contributed by atoms with E-state index in [1.165, 1.54) is 24.2 Å². The molecule has 2 aliphatic rings. The fraction of sp³-hybridized carbons (Fsp3) is 0.414. The Hall–Kier alpha value is -4.09. The number of aromatic nitrogens is 6. The van der Waals surface area contributed by atoms with Gasteiger partial charge in [0.05, 0.1) is 25.0 Å². The number of anilines is 1. The average molecular weight is 568 g/mol. The van der Waals surface area contributed by atoms with Crippen LogP contribution in [0.5, 0.6) is 5.88 Å².